The molecule has 130 valence electrons. The number of phenols is 1. The molecule has 3 aromatic rings. The fourth-order valence-electron chi connectivity index (χ4n) is 3.02. The first-order chi connectivity index (χ1) is 12.3. The van der Waals surface area contributed by atoms with Gasteiger partial charge in [0.05, 0.1) is 21.7 Å². The number of phenolic OH excluding ortho intramolecular Hbond substituents is 1. The molecule has 0 saturated heterocycles. The predicted octanol–water partition coefficient (Wildman–Crippen LogP) is 2.59. The normalized spacial score (nSPS) is 14.1. The van der Waals surface area contributed by atoms with Gasteiger partial charge in [0.25, 0.3) is 21.9 Å². The standard InChI is InChI=1S/C18H11NO6S/c20-16-9-12(26(23,24)25)8-10-7-11(5-6-13(10)16)19-17(21)14-3-1-2-4-15(14)18(19)22/h1-9,20H,(H,23,24,25). The molecule has 0 aromatic heterocycles. The summed E-state index contributed by atoms with van der Waals surface area (Å²) in [5.41, 5.74) is 0.801. The second kappa shape index (κ2) is 5.38. The Kier molecular flexibility index (Phi) is 3.36. The fraction of sp³-hybridized carbons (Fsp3) is 0. The van der Waals surface area contributed by atoms with Crippen molar-refractivity contribution < 1.29 is 27.7 Å². The highest BCUT2D eigenvalue weighted by Crippen LogP contribution is 2.34. The number of imide groups is 1. The largest absolute Gasteiger partial charge is 0.507 e. The third-order valence-electron chi connectivity index (χ3n) is 4.24. The van der Waals surface area contributed by atoms with Crippen LogP contribution in [0.3, 0.4) is 0 Å². The Bertz CT molecular complexity index is 1180. The Labute approximate surface area is 147 Å². The molecule has 0 saturated carbocycles. The van der Waals surface area contributed by atoms with Gasteiger partial charge < -0.3 is 5.11 Å². The summed E-state index contributed by atoms with van der Waals surface area (Å²) >= 11 is 0. The molecule has 7 nitrogen and oxygen atoms in total. The molecule has 1 aliphatic heterocycles. The topological polar surface area (TPSA) is 112 Å². The van der Waals surface area contributed by atoms with Gasteiger partial charge in [-0.3, -0.25) is 14.1 Å². The molecule has 0 bridgehead atoms. The van der Waals surface area contributed by atoms with Gasteiger partial charge in [-0.25, -0.2) is 4.90 Å². The van der Waals surface area contributed by atoms with Crippen LogP contribution < -0.4 is 4.90 Å². The molecule has 26 heavy (non-hydrogen) atoms. The van der Waals surface area contributed by atoms with Crippen molar-refractivity contribution >= 4 is 38.4 Å². The number of fused-ring (bicyclic) bond motifs is 2. The summed E-state index contributed by atoms with van der Waals surface area (Å²) in [5, 5.41) is 10.6. The van der Waals surface area contributed by atoms with Crippen LogP contribution >= 0.6 is 0 Å². The third-order valence-corrected chi connectivity index (χ3v) is 5.07. The van der Waals surface area contributed by atoms with Gasteiger partial charge in [-0.2, -0.15) is 8.42 Å². The smallest absolute Gasteiger partial charge is 0.294 e. The van der Waals surface area contributed by atoms with Crippen LogP contribution in [0.25, 0.3) is 10.8 Å². The van der Waals surface area contributed by atoms with Crippen molar-refractivity contribution in [3.8, 4) is 5.75 Å². The lowest BCUT2D eigenvalue weighted by atomic mass is 10.1. The molecular formula is C18H11NO6S. The second-order valence-corrected chi connectivity index (χ2v) is 7.24. The van der Waals surface area contributed by atoms with Crippen LogP contribution in [0, 0.1) is 0 Å². The average Bonchev–Trinajstić information content (AvgIpc) is 2.85. The van der Waals surface area contributed by atoms with E-state index in [2.05, 4.69) is 0 Å². The van der Waals surface area contributed by atoms with Crippen LogP contribution in [0.15, 0.2) is 59.5 Å². The zero-order valence-corrected chi connectivity index (χ0v) is 13.9. The van der Waals surface area contributed by atoms with E-state index >= 15 is 0 Å². The van der Waals surface area contributed by atoms with E-state index in [1.54, 1.807) is 24.3 Å². The van der Waals surface area contributed by atoms with E-state index in [9.17, 15) is 27.7 Å². The summed E-state index contributed by atoms with van der Waals surface area (Å²) in [6.07, 6.45) is 0. The summed E-state index contributed by atoms with van der Waals surface area (Å²) in [6, 6.07) is 12.9. The molecular weight excluding hydrogens is 358 g/mol. The van der Waals surface area contributed by atoms with Gasteiger partial charge in [0.1, 0.15) is 5.75 Å². The number of nitrogens with zero attached hydrogens (tertiary/aromatic N) is 1. The van der Waals surface area contributed by atoms with Crippen LogP contribution in [-0.2, 0) is 10.1 Å². The zero-order chi connectivity index (χ0) is 18.6. The minimum absolute atomic E-state index is 0.232. The minimum atomic E-state index is -4.52. The number of rotatable bonds is 2. The minimum Gasteiger partial charge on any atom is -0.507 e. The second-order valence-electron chi connectivity index (χ2n) is 5.81. The van der Waals surface area contributed by atoms with E-state index in [1.165, 1.54) is 18.2 Å². The quantitative estimate of drug-likeness (QED) is 0.530. The first-order valence-corrected chi connectivity index (χ1v) is 8.93. The van der Waals surface area contributed by atoms with Gasteiger partial charge in [0, 0.05) is 11.5 Å². The van der Waals surface area contributed by atoms with E-state index in [4.69, 9.17) is 0 Å². The molecule has 0 fully saturated rings. The number of benzene rings is 3. The van der Waals surface area contributed by atoms with E-state index in [0.717, 1.165) is 17.0 Å². The van der Waals surface area contributed by atoms with Crippen LogP contribution in [0.1, 0.15) is 20.7 Å². The van der Waals surface area contributed by atoms with E-state index in [-0.39, 0.29) is 28.0 Å². The maximum Gasteiger partial charge on any atom is 0.294 e. The van der Waals surface area contributed by atoms with Gasteiger partial charge in [0.15, 0.2) is 0 Å². The number of aromatic hydroxyl groups is 1. The van der Waals surface area contributed by atoms with Gasteiger partial charge in [-0.1, -0.05) is 12.1 Å². The molecule has 8 heteroatoms. The molecule has 3 aromatic carbocycles. The highest BCUT2D eigenvalue weighted by molar-refractivity contribution is 7.85. The number of hydrogen-bond acceptors (Lipinski definition) is 5. The SMILES string of the molecule is O=C1c2ccccc2C(=O)N1c1ccc2c(O)cc(S(=O)(=O)O)cc2c1. The lowest BCUT2D eigenvalue weighted by molar-refractivity contribution is 0.0926. The molecule has 1 heterocycles. The monoisotopic (exact) mass is 369 g/mol. The first kappa shape index (κ1) is 16.2. The Balaban J connectivity index is 1.89. The van der Waals surface area contributed by atoms with Crippen molar-refractivity contribution in [3.63, 3.8) is 0 Å². The van der Waals surface area contributed by atoms with Gasteiger partial charge in [-0.05, 0) is 41.8 Å². The van der Waals surface area contributed by atoms with Crippen LogP contribution in [0.5, 0.6) is 5.75 Å². The first-order valence-electron chi connectivity index (χ1n) is 7.49. The van der Waals surface area contributed by atoms with Crippen molar-refractivity contribution in [2.45, 2.75) is 4.90 Å². The van der Waals surface area contributed by atoms with Gasteiger partial charge >= 0.3 is 0 Å². The van der Waals surface area contributed by atoms with E-state index in [0.29, 0.717) is 5.39 Å². The summed E-state index contributed by atoms with van der Waals surface area (Å²) in [4.78, 5) is 25.6. The number of anilines is 1. The summed E-state index contributed by atoms with van der Waals surface area (Å²) in [6.45, 7) is 0. The van der Waals surface area contributed by atoms with Crippen LogP contribution in [0.2, 0.25) is 0 Å². The maximum absolute atomic E-state index is 12.6. The highest BCUT2D eigenvalue weighted by atomic mass is 32.2. The van der Waals surface area contributed by atoms with E-state index in [1.807, 2.05) is 0 Å². The molecule has 1 aliphatic rings. The van der Waals surface area contributed by atoms with E-state index < -0.39 is 26.8 Å². The number of carbonyl (C=O) groups is 2. The van der Waals surface area contributed by atoms with Crippen molar-refractivity contribution in [3.05, 3.63) is 65.7 Å². The Morgan fingerprint density at radius 2 is 1.46 bits per heavy atom. The number of hydrogen-bond donors (Lipinski definition) is 2. The van der Waals surface area contributed by atoms with Crippen molar-refractivity contribution in [2.75, 3.05) is 4.90 Å². The number of carbonyl (C=O) groups excluding carboxylic acids is 2. The van der Waals surface area contributed by atoms with Crippen molar-refractivity contribution in [1.29, 1.82) is 0 Å². The summed E-state index contributed by atoms with van der Waals surface area (Å²) < 4.78 is 31.9. The molecule has 4 rings (SSSR count). The fourth-order valence-corrected chi connectivity index (χ4v) is 3.56. The van der Waals surface area contributed by atoms with Crippen LogP contribution in [0.4, 0.5) is 5.69 Å². The molecule has 2 N–H and O–H groups in total. The summed E-state index contributed by atoms with van der Waals surface area (Å²) in [5.74, 6) is -1.32. The molecule has 0 spiro atoms. The zero-order valence-electron chi connectivity index (χ0n) is 13.1. The third kappa shape index (κ3) is 2.35. The van der Waals surface area contributed by atoms with Gasteiger partial charge in [0.2, 0.25) is 0 Å². The Hall–Kier alpha value is -3.23. The molecule has 0 unspecified atom stereocenters. The van der Waals surface area contributed by atoms with Gasteiger partial charge in [-0.15, -0.1) is 0 Å². The highest BCUT2D eigenvalue weighted by Gasteiger charge is 2.36. The maximum atomic E-state index is 12.6. The lowest BCUT2D eigenvalue weighted by Gasteiger charge is -2.15. The van der Waals surface area contributed by atoms with Crippen molar-refractivity contribution in [2.24, 2.45) is 0 Å². The Morgan fingerprint density at radius 3 is 2.04 bits per heavy atom. The molecule has 0 aliphatic carbocycles. The summed E-state index contributed by atoms with van der Waals surface area (Å²) in [7, 11) is -4.52. The number of amides is 2. The molecule has 0 atom stereocenters. The van der Waals surface area contributed by atoms with Crippen molar-refractivity contribution in [1.82, 2.24) is 0 Å². The predicted molar refractivity (Wildman–Crippen MR) is 93.0 cm³/mol. The molecule has 0 radical (unpaired) electrons. The lowest BCUT2D eigenvalue weighted by Crippen LogP contribution is -2.29. The Morgan fingerprint density at radius 1 is 0.846 bits per heavy atom. The van der Waals surface area contributed by atoms with Crippen LogP contribution in [-0.4, -0.2) is 29.9 Å². The molecule has 2 amide bonds. The average molecular weight is 369 g/mol.